The molecule has 0 saturated carbocycles. The minimum Gasteiger partial charge on any atom is -0.493 e. The molecule has 11 heteroatoms. The summed E-state index contributed by atoms with van der Waals surface area (Å²) in [7, 11) is 2.86. The molecule has 2 heterocycles. The molecule has 3 aromatic carbocycles. The van der Waals surface area contributed by atoms with Crippen LogP contribution in [0.25, 0.3) is 6.08 Å². The topological polar surface area (TPSA) is 79.1 Å². The van der Waals surface area contributed by atoms with Crippen LogP contribution in [-0.2, 0) is 16.1 Å². The van der Waals surface area contributed by atoms with Gasteiger partial charge in [0, 0.05) is 15.6 Å². The Morgan fingerprint density at radius 1 is 1.12 bits per heavy atom. The van der Waals surface area contributed by atoms with E-state index in [-0.39, 0.29) is 12.2 Å². The minimum atomic E-state index is -0.668. The average Bonchev–Trinajstić information content (AvgIpc) is 3.26. The van der Waals surface area contributed by atoms with E-state index in [0.29, 0.717) is 52.2 Å². The summed E-state index contributed by atoms with van der Waals surface area (Å²) >= 11 is 17.1. The van der Waals surface area contributed by atoms with E-state index in [2.05, 4.69) is 20.9 Å². The molecule has 0 unspecified atom stereocenters. The molecule has 0 fully saturated rings. The summed E-state index contributed by atoms with van der Waals surface area (Å²) in [6, 6.07) is 17.5. The van der Waals surface area contributed by atoms with Crippen molar-refractivity contribution in [1.29, 1.82) is 0 Å². The SMILES string of the molecule is COC(=O)C1=C(C)N=c2s/c(=C\c3cc(Br)c(OCc4ccc(Cl)cc4Cl)c(OC)c3)c(=O)n2[C@H]1c1ccccc1. The van der Waals surface area contributed by atoms with Crippen molar-refractivity contribution in [3.63, 3.8) is 0 Å². The number of esters is 1. The lowest BCUT2D eigenvalue weighted by atomic mass is 9.96. The molecule has 7 nitrogen and oxygen atoms in total. The molecule has 41 heavy (non-hydrogen) atoms. The van der Waals surface area contributed by atoms with E-state index in [0.717, 1.165) is 11.1 Å². The number of halogens is 3. The van der Waals surface area contributed by atoms with Gasteiger partial charge in [0.2, 0.25) is 0 Å². The zero-order valence-electron chi connectivity index (χ0n) is 22.1. The molecule has 5 rings (SSSR count). The summed E-state index contributed by atoms with van der Waals surface area (Å²) in [4.78, 5) is 31.7. The molecule has 1 aliphatic rings. The summed E-state index contributed by atoms with van der Waals surface area (Å²) in [6.07, 6.45) is 1.76. The molecule has 210 valence electrons. The van der Waals surface area contributed by atoms with Crippen molar-refractivity contribution in [2.45, 2.75) is 19.6 Å². The summed E-state index contributed by atoms with van der Waals surface area (Å²) < 4.78 is 19.3. The van der Waals surface area contributed by atoms with Gasteiger partial charge in [-0.3, -0.25) is 9.36 Å². The Morgan fingerprint density at radius 2 is 1.88 bits per heavy atom. The second-order valence-electron chi connectivity index (χ2n) is 9.04. The Balaban J connectivity index is 1.56. The van der Waals surface area contributed by atoms with E-state index >= 15 is 0 Å². The van der Waals surface area contributed by atoms with E-state index in [1.807, 2.05) is 36.4 Å². The number of rotatable bonds is 7. The fourth-order valence-electron chi connectivity index (χ4n) is 4.55. The first kappa shape index (κ1) is 29.1. The highest BCUT2D eigenvalue weighted by Crippen LogP contribution is 2.38. The smallest absolute Gasteiger partial charge is 0.338 e. The number of fused-ring (bicyclic) bond motifs is 1. The van der Waals surface area contributed by atoms with E-state index in [9.17, 15) is 9.59 Å². The van der Waals surface area contributed by atoms with Crippen LogP contribution < -0.4 is 24.4 Å². The quantitative estimate of drug-likeness (QED) is 0.223. The van der Waals surface area contributed by atoms with Gasteiger partial charge in [-0.15, -0.1) is 0 Å². The second kappa shape index (κ2) is 12.2. The molecule has 0 N–H and O–H groups in total. The van der Waals surface area contributed by atoms with Gasteiger partial charge in [0.15, 0.2) is 16.3 Å². The molecule has 1 aromatic heterocycles. The van der Waals surface area contributed by atoms with Crippen LogP contribution in [-0.4, -0.2) is 24.8 Å². The van der Waals surface area contributed by atoms with Crippen LogP contribution in [0.4, 0.5) is 0 Å². The van der Waals surface area contributed by atoms with Gasteiger partial charge in [0.05, 0.1) is 40.5 Å². The molecular weight excluding hydrogens is 651 g/mol. The average molecular weight is 674 g/mol. The van der Waals surface area contributed by atoms with Gasteiger partial charge in [-0.1, -0.05) is 70.9 Å². The van der Waals surface area contributed by atoms with Crippen molar-refractivity contribution in [3.05, 3.63) is 123 Å². The zero-order chi connectivity index (χ0) is 29.3. The number of hydrogen-bond acceptors (Lipinski definition) is 7. The molecular formula is C30H23BrCl2N2O5S. The van der Waals surface area contributed by atoms with Gasteiger partial charge < -0.3 is 14.2 Å². The molecule has 4 aromatic rings. The molecule has 1 atom stereocenters. The molecule has 0 spiro atoms. The molecule has 0 aliphatic carbocycles. The predicted molar refractivity (Wildman–Crippen MR) is 164 cm³/mol. The Kier molecular flexibility index (Phi) is 8.70. The zero-order valence-corrected chi connectivity index (χ0v) is 26.0. The van der Waals surface area contributed by atoms with Crippen molar-refractivity contribution in [1.82, 2.24) is 4.57 Å². The molecule has 0 bridgehead atoms. The monoisotopic (exact) mass is 672 g/mol. The van der Waals surface area contributed by atoms with Crippen molar-refractivity contribution in [2.75, 3.05) is 14.2 Å². The summed E-state index contributed by atoms with van der Waals surface area (Å²) in [5, 5.41) is 1.04. The lowest BCUT2D eigenvalue weighted by molar-refractivity contribution is -0.136. The van der Waals surface area contributed by atoms with Gasteiger partial charge in [-0.25, -0.2) is 9.79 Å². The number of benzene rings is 3. The highest BCUT2D eigenvalue weighted by molar-refractivity contribution is 9.10. The first-order valence-corrected chi connectivity index (χ1v) is 14.7. The number of hydrogen-bond donors (Lipinski definition) is 0. The Bertz CT molecular complexity index is 1870. The Hall–Kier alpha value is -3.37. The van der Waals surface area contributed by atoms with Crippen LogP contribution in [0.5, 0.6) is 11.5 Å². The summed E-state index contributed by atoms with van der Waals surface area (Å²) in [5.41, 5.74) is 2.81. The minimum absolute atomic E-state index is 0.199. The van der Waals surface area contributed by atoms with Gasteiger partial charge in [0.1, 0.15) is 6.61 Å². The van der Waals surface area contributed by atoms with Crippen LogP contribution in [0.15, 0.2) is 86.2 Å². The fraction of sp³-hybridized carbons (Fsp3) is 0.167. The summed E-state index contributed by atoms with van der Waals surface area (Å²) in [6.45, 7) is 1.95. The van der Waals surface area contributed by atoms with Gasteiger partial charge >= 0.3 is 5.97 Å². The Morgan fingerprint density at radius 3 is 2.56 bits per heavy atom. The number of thiazole rings is 1. The molecule has 1 aliphatic heterocycles. The fourth-order valence-corrected chi connectivity index (χ4v) is 6.63. The van der Waals surface area contributed by atoms with Crippen LogP contribution >= 0.6 is 50.5 Å². The first-order chi connectivity index (χ1) is 19.7. The molecule has 0 saturated heterocycles. The summed E-state index contributed by atoms with van der Waals surface area (Å²) in [5.74, 6) is 0.424. The maximum Gasteiger partial charge on any atom is 0.338 e. The van der Waals surface area contributed by atoms with Gasteiger partial charge in [0.25, 0.3) is 5.56 Å². The maximum absolute atomic E-state index is 13.8. The highest BCUT2D eigenvalue weighted by Gasteiger charge is 2.33. The van der Waals surface area contributed by atoms with Gasteiger partial charge in [-0.2, -0.15) is 0 Å². The van der Waals surface area contributed by atoms with Crippen molar-refractivity contribution in [2.24, 2.45) is 4.99 Å². The molecule has 0 amide bonds. The lowest BCUT2D eigenvalue weighted by Crippen LogP contribution is -2.39. The van der Waals surface area contributed by atoms with Crippen molar-refractivity contribution < 1.29 is 19.0 Å². The molecule has 0 radical (unpaired) electrons. The van der Waals surface area contributed by atoms with E-state index in [4.69, 9.17) is 37.4 Å². The predicted octanol–water partition coefficient (Wildman–Crippen LogP) is 6.07. The van der Waals surface area contributed by atoms with E-state index in [1.165, 1.54) is 18.4 Å². The van der Waals surface area contributed by atoms with Crippen LogP contribution in [0.3, 0.4) is 0 Å². The number of allylic oxidation sites excluding steroid dienone is 1. The number of nitrogens with zero attached hydrogens (tertiary/aromatic N) is 2. The highest BCUT2D eigenvalue weighted by atomic mass is 79.9. The maximum atomic E-state index is 13.8. The number of carbonyl (C=O) groups is 1. The van der Waals surface area contributed by atoms with Crippen LogP contribution in [0.1, 0.15) is 29.7 Å². The number of ether oxygens (including phenoxy) is 3. The standard InChI is InChI=1S/C30H23BrCl2N2O5S/c1-16-25(29(37)39-3)26(18-7-5-4-6-8-18)35-28(36)24(41-30(35)34-16)13-17-11-21(31)27(23(12-17)38-2)40-15-19-9-10-20(32)14-22(19)33/h4-14,26H,15H2,1-3H3/b24-13-/t26-/m0/s1. The van der Waals surface area contributed by atoms with Crippen LogP contribution in [0, 0.1) is 0 Å². The van der Waals surface area contributed by atoms with E-state index in [1.54, 1.807) is 48.9 Å². The number of methoxy groups -OCH3 is 2. The largest absolute Gasteiger partial charge is 0.493 e. The third kappa shape index (κ3) is 5.85. The lowest BCUT2D eigenvalue weighted by Gasteiger charge is -2.24. The number of carbonyl (C=O) groups excluding carboxylic acids is 1. The normalized spacial score (nSPS) is 14.9. The van der Waals surface area contributed by atoms with Gasteiger partial charge in [-0.05, 0) is 64.3 Å². The third-order valence-electron chi connectivity index (χ3n) is 6.48. The van der Waals surface area contributed by atoms with Crippen molar-refractivity contribution >= 4 is 62.5 Å². The second-order valence-corrected chi connectivity index (χ2v) is 11.7. The van der Waals surface area contributed by atoms with Crippen molar-refractivity contribution in [3.8, 4) is 11.5 Å². The van der Waals surface area contributed by atoms with E-state index < -0.39 is 12.0 Å². The first-order valence-electron chi connectivity index (χ1n) is 12.3. The third-order valence-corrected chi connectivity index (χ3v) is 8.64. The number of aromatic nitrogens is 1. The Labute approximate surface area is 258 Å². The van der Waals surface area contributed by atoms with Crippen LogP contribution in [0.2, 0.25) is 10.0 Å².